The number of furan rings is 1. The van der Waals surface area contributed by atoms with Gasteiger partial charge in [0.1, 0.15) is 5.76 Å². The van der Waals surface area contributed by atoms with Crippen LogP contribution in [0.4, 0.5) is 0 Å². The first-order valence-corrected chi connectivity index (χ1v) is 9.09. The lowest BCUT2D eigenvalue weighted by atomic mass is 10.2. The van der Waals surface area contributed by atoms with Crippen LogP contribution in [0.15, 0.2) is 37.7 Å². The Morgan fingerprint density at radius 1 is 1.61 bits per heavy atom. The van der Waals surface area contributed by atoms with Crippen molar-refractivity contribution in [2.45, 2.75) is 35.2 Å². The zero-order chi connectivity index (χ0) is 16.4. The summed E-state index contributed by atoms with van der Waals surface area (Å²) >= 11 is 2.85. The second-order valence-electron chi connectivity index (χ2n) is 5.31. The largest absolute Gasteiger partial charge is 0.467 e. The van der Waals surface area contributed by atoms with Gasteiger partial charge in [-0.2, -0.15) is 0 Å². The van der Waals surface area contributed by atoms with Gasteiger partial charge in [0.25, 0.3) is 5.56 Å². The van der Waals surface area contributed by atoms with E-state index < -0.39 is 0 Å². The molecule has 0 fully saturated rings. The van der Waals surface area contributed by atoms with Gasteiger partial charge in [-0.1, -0.05) is 18.7 Å². The number of nitrogens with one attached hydrogen (secondary N) is 1. The monoisotopic (exact) mass is 351 g/mol. The fraction of sp³-hybridized carbons (Fsp3) is 0.400. The number of thioether (sulfide) groups is 2. The lowest BCUT2D eigenvalue weighted by Gasteiger charge is -2.09. The maximum Gasteiger partial charge on any atom is 0.267 e. The molecule has 2 aromatic heterocycles. The van der Waals surface area contributed by atoms with Crippen LogP contribution in [0, 0.1) is 0 Å². The summed E-state index contributed by atoms with van der Waals surface area (Å²) in [5.74, 6) is 0.795. The molecule has 3 rings (SSSR count). The standard InChI is InChI=1S/C15H17N3O3S2/c1-9-6-11-13(23-9)14(20)18(2)15(17-11)22-8-12(19)16-7-10-4-3-5-21-10/h3-5,9H,6-8H2,1-2H3,(H,16,19)/t9-/m0/s1. The maximum absolute atomic E-state index is 12.3. The van der Waals surface area contributed by atoms with Gasteiger partial charge in [0, 0.05) is 18.7 Å². The van der Waals surface area contributed by atoms with Crippen LogP contribution in [-0.2, 0) is 24.8 Å². The van der Waals surface area contributed by atoms with Crippen LogP contribution >= 0.6 is 23.5 Å². The summed E-state index contributed by atoms with van der Waals surface area (Å²) in [4.78, 5) is 29.5. The van der Waals surface area contributed by atoms with Gasteiger partial charge >= 0.3 is 0 Å². The van der Waals surface area contributed by atoms with Crippen LogP contribution in [0.1, 0.15) is 18.4 Å². The van der Waals surface area contributed by atoms with Gasteiger partial charge in [-0.15, -0.1) is 11.8 Å². The molecule has 0 aromatic carbocycles. The van der Waals surface area contributed by atoms with Crippen LogP contribution in [0.25, 0.3) is 0 Å². The van der Waals surface area contributed by atoms with Crippen LogP contribution in [-0.4, -0.2) is 26.5 Å². The molecule has 1 amide bonds. The summed E-state index contributed by atoms with van der Waals surface area (Å²) in [6.07, 6.45) is 2.37. The molecule has 0 saturated heterocycles. The Kier molecular flexibility index (Phi) is 4.82. The highest BCUT2D eigenvalue weighted by Crippen LogP contribution is 2.33. The van der Waals surface area contributed by atoms with E-state index in [2.05, 4.69) is 17.2 Å². The number of nitrogens with zero attached hydrogens (tertiary/aromatic N) is 2. The van der Waals surface area contributed by atoms with Crippen molar-refractivity contribution < 1.29 is 9.21 Å². The van der Waals surface area contributed by atoms with Crippen molar-refractivity contribution in [2.75, 3.05) is 5.75 Å². The van der Waals surface area contributed by atoms with Crippen molar-refractivity contribution in [1.29, 1.82) is 0 Å². The minimum atomic E-state index is -0.121. The second-order valence-corrected chi connectivity index (χ2v) is 7.70. The lowest BCUT2D eigenvalue weighted by Crippen LogP contribution is -2.26. The van der Waals surface area contributed by atoms with E-state index in [0.717, 1.165) is 17.0 Å². The Balaban J connectivity index is 1.62. The van der Waals surface area contributed by atoms with E-state index in [9.17, 15) is 9.59 Å². The molecule has 0 bridgehead atoms. The Labute approximate surface area is 142 Å². The number of carbonyl (C=O) groups excluding carboxylic acids is 1. The van der Waals surface area contributed by atoms with Gasteiger partial charge < -0.3 is 9.73 Å². The van der Waals surface area contributed by atoms with Gasteiger partial charge in [-0.25, -0.2) is 4.98 Å². The number of aromatic nitrogens is 2. The molecule has 2 aromatic rings. The lowest BCUT2D eigenvalue weighted by molar-refractivity contribution is -0.118. The highest BCUT2D eigenvalue weighted by molar-refractivity contribution is 8.00. The third kappa shape index (κ3) is 3.64. The van der Waals surface area contributed by atoms with Crippen molar-refractivity contribution in [2.24, 2.45) is 7.05 Å². The summed E-state index contributed by atoms with van der Waals surface area (Å²) < 4.78 is 6.68. The summed E-state index contributed by atoms with van der Waals surface area (Å²) in [7, 11) is 1.70. The zero-order valence-electron chi connectivity index (χ0n) is 12.9. The van der Waals surface area contributed by atoms with Gasteiger partial charge in [0.2, 0.25) is 5.91 Å². The number of fused-ring (bicyclic) bond motifs is 1. The third-order valence-electron chi connectivity index (χ3n) is 3.45. The zero-order valence-corrected chi connectivity index (χ0v) is 14.5. The molecule has 1 N–H and O–H groups in total. The molecule has 6 nitrogen and oxygen atoms in total. The summed E-state index contributed by atoms with van der Waals surface area (Å²) in [6.45, 7) is 2.44. The van der Waals surface area contributed by atoms with E-state index in [1.807, 2.05) is 0 Å². The average Bonchev–Trinajstić information content (AvgIpc) is 3.16. The van der Waals surface area contributed by atoms with Crippen molar-refractivity contribution >= 4 is 29.4 Å². The highest BCUT2D eigenvalue weighted by Gasteiger charge is 2.25. The number of carbonyl (C=O) groups is 1. The van der Waals surface area contributed by atoms with Crippen LogP contribution in [0.5, 0.6) is 0 Å². The number of hydrogen-bond donors (Lipinski definition) is 1. The molecule has 0 unspecified atom stereocenters. The molecule has 23 heavy (non-hydrogen) atoms. The molecule has 1 aliphatic rings. The maximum atomic E-state index is 12.3. The topological polar surface area (TPSA) is 77.1 Å². The first-order valence-electron chi connectivity index (χ1n) is 7.23. The van der Waals surface area contributed by atoms with Crippen LogP contribution < -0.4 is 10.9 Å². The Hall–Kier alpha value is -1.67. The highest BCUT2D eigenvalue weighted by atomic mass is 32.2. The van der Waals surface area contributed by atoms with Crippen LogP contribution in [0.3, 0.4) is 0 Å². The van der Waals surface area contributed by atoms with E-state index in [1.54, 1.807) is 37.2 Å². The Morgan fingerprint density at radius 3 is 3.17 bits per heavy atom. The molecule has 0 aliphatic carbocycles. The smallest absolute Gasteiger partial charge is 0.267 e. The van der Waals surface area contributed by atoms with Gasteiger partial charge in [0.15, 0.2) is 5.16 Å². The number of hydrogen-bond acceptors (Lipinski definition) is 6. The second kappa shape index (κ2) is 6.84. The molecular weight excluding hydrogens is 334 g/mol. The van der Waals surface area contributed by atoms with Crippen molar-refractivity contribution in [3.63, 3.8) is 0 Å². The summed E-state index contributed by atoms with van der Waals surface area (Å²) in [5.41, 5.74) is 0.826. The predicted octanol–water partition coefficient (Wildman–Crippen LogP) is 1.82. The normalized spacial score (nSPS) is 16.3. The molecule has 0 saturated carbocycles. The Bertz CT molecular complexity index is 771. The molecule has 1 aliphatic heterocycles. The minimum absolute atomic E-state index is 0.0251. The first-order chi connectivity index (χ1) is 11.0. The first kappa shape index (κ1) is 16.2. The fourth-order valence-corrected chi connectivity index (χ4v) is 4.24. The van der Waals surface area contributed by atoms with E-state index in [-0.39, 0.29) is 17.2 Å². The SMILES string of the molecule is C[C@H]1Cc2nc(SCC(=O)NCc3ccco3)n(C)c(=O)c2S1. The van der Waals surface area contributed by atoms with Gasteiger partial charge in [0.05, 0.1) is 29.2 Å². The molecule has 8 heteroatoms. The van der Waals surface area contributed by atoms with Gasteiger partial charge in [-0.3, -0.25) is 14.2 Å². The molecule has 0 spiro atoms. The molecule has 0 radical (unpaired) electrons. The van der Waals surface area contributed by atoms with E-state index in [1.165, 1.54) is 16.3 Å². The van der Waals surface area contributed by atoms with Gasteiger partial charge in [-0.05, 0) is 12.1 Å². The quantitative estimate of drug-likeness (QED) is 0.654. The Morgan fingerprint density at radius 2 is 2.43 bits per heavy atom. The molecule has 3 heterocycles. The minimum Gasteiger partial charge on any atom is -0.467 e. The number of amides is 1. The van der Waals surface area contributed by atoms with E-state index in [4.69, 9.17) is 4.42 Å². The summed E-state index contributed by atoms with van der Waals surface area (Å²) in [6, 6.07) is 3.58. The van der Waals surface area contributed by atoms with E-state index >= 15 is 0 Å². The predicted molar refractivity (Wildman–Crippen MR) is 89.8 cm³/mol. The molecule has 122 valence electrons. The van der Waals surface area contributed by atoms with E-state index in [0.29, 0.717) is 22.7 Å². The molecular formula is C15H17N3O3S2. The molecule has 1 atom stereocenters. The van der Waals surface area contributed by atoms with Crippen molar-refractivity contribution in [3.8, 4) is 0 Å². The summed E-state index contributed by atoms with van der Waals surface area (Å²) in [5, 5.41) is 3.73. The number of rotatable bonds is 5. The third-order valence-corrected chi connectivity index (χ3v) is 5.70. The fourth-order valence-electron chi connectivity index (χ4n) is 2.28. The van der Waals surface area contributed by atoms with Crippen molar-refractivity contribution in [3.05, 3.63) is 40.2 Å². The van der Waals surface area contributed by atoms with Crippen LogP contribution in [0.2, 0.25) is 0 Å². The average molecular weight is 351 g/mol. The van der Waals surface area contributed by atoms with Crippen molar-refractivity contribution in [1.82, 2.24) is 14.9 Å².